The molecule has 1 N–H and O–H groups in total. The molecule has 0 aromatic heterocycles. The summed E-state index contributed by atoms with van der Waals surface area (Å²) < 4.78 is 0. The van der Waals surface area contributed by atoms with Crippen LogP contribution in [0.1, 0.15) is 60.3 Å². The Hall–Kier alpha value is -1.15. The fraction of sp³-hybridized carbons (Fsp3) is 0.611. The Morgan fingerprint density at radius 2 is 2.10 bits per heavy atom. The van der Waals surface area contributed by atoms with E-state index < -0.39 is 0 Å². The van der Waals surface area contributed by atoms with E-state index in [2.05, 4.69) is 39.0 Å². The number of allylic oxidation sites excluding steroid dienone is 6. The fourth-order valence-electron chi connectivity index (χ4n) is 2.59. The number of carbonyl (C=O) groups excluding carboxylic acids is 1. The molecule has 2 heteroatoms. The van der Waals surface area contributed by atoms with Gasteiger partial charge in [-0.15, -0.1) is 0 Å². The first-order valence-electron chi connectivity index (χ1n) is 7.51. The Kier molecular flexibility index (Phi) is 5.94. The van der Waals surface area contributed by atoms with E-state index in [1.54, 1.807) is 0 Å². The molecule has 0 bridgehead atoms. The molecule has 1 rings (SSSR count). The van der Waals surface area contributed by atoms with Gasteiger partial charge in [0.25, 0.3) is 0 Å². The molecule has 1 aliphatic carbocycles. The Balaban J connectivity index is 2.81. The molecule has 1 aliphatic rings. The molecule has 0 heterocycles. The molecule has 1 atom stereocenters. The molecule has 0 saturated carbocycles. The highest BCUT2D eigenvalue weighted by Crippen LogP contribution is 2.39. The fourth-order valence-corrected chi connectivity index (χ4v) is 2.59. The number of ketones is 1. The third-order valence-corrected chi connectivity index (χ3v) is 4.09. The maximum atomic E-state index is 11.8. The molecule has 0 aliphatic heterocycles. The second kappa shape index (κ2) is 7.03. The molecule has 0 aromatic carbocycles. The van der Waals surface area contributed by atoms with Gasteiger partial charge >= 0.3 is 0 Å². The van der Waals surface area contributed by atoms with Crippen LogP contribution < -0.4 is 0 Å². The van der Waals surface area contributed by atoms with Crippen molar-refractivity contribution in [3.05, 3.63) is 34.9 Å². The van der Waals surface area contributed by atoms with Crippen LogP contribution in [0, 0.1) is 5.41 Å². The second-order valence-corrected chi connectivity index (χ2v) is 6.55. The van der Waals surface area contributed by atoms with Gasteiger partial charge < -0.3 is 5.11 Å². The minimum absolute atomic E-state index is 0.0778. The number of Topliss-reactive ketones (excluding diaryl/α,β-unsaturated/α-hetero) is 1. The third kappa shape index (κ3) is 4.75. The molecule has 0 spiro atoms. The van der Waals surface area contributed by atoms with Crippen LogP contribution in [0.3, 0.4) is 0 Å². The minimum atomic E-state index is -0.247. The van der Waals surface area contributed by atoms with E-state index in [0.29, 0.717) is 6.42 Å². The van der Waals surface area contributed by atoms with Crippen LogP contribution in [0.15, 0.2) is 34.9 Å². The Morgan fingerprint density at radius 1 is 1.45 bits per heavy atom. The first kappa shape index (κ1) is 16.9. The molecule has 112 valence electrons. The van der Waals surface area contributed by atoms with Gasteiger partial charge in [-0.25, -0.2) is 0 Å². The lowest BCUT2D eigenvalue weighted by atomic mass is 9.72. The van der Waals surface area contributed by atoms with Crippen LogP contribution in [-0.2, 0) is 4.79 Å². The summed E-state index contributed by atoms with van der Waals surface area (Å²) in [5.74, 6) is 0.278. The first-order valence-corrected chi connectivity index (χ1v) is 7.51. The molecule has 0 amide bonds. The zero-order valence-corrected chi connectivity index (χ0v) is 13.5. The number of aliphatic hydroxyl groups is 1. The van der Waals surface area contributed by atoms with E-state index in [-0.39, 0.29) is 17.3 Å². The van der Waals surface area contributed by atoms with Gasteiger partial charge in [0, 0.05) is 6.42 Å². The summed E-state index contributed by atoms with van der Waals surface area (Å²) >= 11 is 0. The highest BCUT2D eigenvalue weighted by Gasteiger charge is 2.30. The van der Waals surface area contributed by atoms with Gasteiger partial charge in [-0.05, 0) is 56.6 Å². The van der Waals surface area contributed by atoms with E-state index in [9.17, 15) is 9.90 Å². The van der Waals surface area contributed by atoms with Gasteiger partial charge in [0.1, 0.15) is 0 Å². The third-order valence-electron chi connectivity index (χ3n) is 4.09. The summed E-state index contributed by atoms with van der Waals surface area (Å²) in [7, 11) is 0. The van der Waals surface area contributed by atoms with Crippen LogP contribution in [0.25, 0.3) is 0 Å². The lowest BCUT2D eigenvalue weighted by molar-refractivity contribution is -0.116. The van der Waals surface area contributed by atoms with Crippen molar-refractivity contribution >= 4 is 5.78 Å². The van der Waals surface area contributed by atoms with Crippen molar-refractivity contribution in [2.24, 2.45) is 5.41 Å². The summed E-state index contributed by atoms with van der Waals surface area (Å²) in [5.41, 5.74) is 3.33. The van der Waals surface area contributed by atoms with Gasteiger partial charge in [-0.1, -0.05) is 37.6 Å². The van der Waals surface area contributed by atoms with Crippen molar-refractivity contribution in [3.63, 3.8) is 0 Å². The average Bonchev–Trinajstić information content (AvgIpc) is 2.33. The van der Waals surface area contributed by atoms with E-state index >= 15 is 0 Å². The van der Waals surface area contributed by atoms with Crippen LogP contribution in [0.2, 0.25) is 0 Å². The van der Waals surface area contributed by atoms with Crippen molar-refractivity contribution in [2.75, 3.05) is 0 Å². The van der Waals surface area contributed by atoms with Crippen molar-refractivity contribution in [3.8, 4) is 0 Å². The zero-order chi connectivity index (χ0) is 15.3. The number of hydrogen-bond donors (Lipinski definition) is 1. The summed E-state index contributed by atoms with van der Waals surface area (Å²) in [6, 6.07) is 0. The van der Waals surface area contributed by atoms with Crippen LogP contribution in [0.4, 0.5) is 0 Å². The maximum absolute atomic E-state index is 11.8. The summed E-state index contributed by atoms with van der Waals surface area (Å²) in [4.78, 5) is 11.8. The molecule has 0 radical (unpaired) electrons. The van der Waals surface area contributed by atoms with E-state index in [0.717, 1.165) is 30.4 Å². The predicted octanol–water partition coefficient (Wildman–Crippen LogP) is 4.36. The largest absolute Gasteiger partial charge is 0.393 e. The highest BCUT2D eigenvalue weighted by atomic mass is 16.3. The second-order valence-electron chi connectivity index (χ2n) is 6.55. The smallest absolute Gasteiger partial charge is 0.158 e. The van der Waals surface area contributed by atoms with Crippen LogP contribution in [0.5, 0.6) is 0 Å². The zero-order valence-electron chi connectivity index (χ0n) is 13.5. The number of hydrogen-bond acceptors (Lipinski definition) is 2. The van der Waals surface area contributed by atoms with Crippen molar-refractivity contribution < 1.29 is 9.90 Å². The summed E-state index contributed by atoms with van der Waals surface area (Å²) in [5, 5.41) is 9.24. The molecule has 0 aromatic rings. The number of rotatable bonds is 5. The molecule has 0 saturated heterocycles. The van der Waals surface area contributed by atoms with Crippen molar-refractivity contribution in [1.29, 1.82) is 0 Å². The van der Waals surface area contributed by atoms with Crippen molar-refractivity contribution in [2.45, 2.75) is 66.4 Å². The van der Waals surface area contributed by atoms with Gasteiger partial charge in [-0.3, -0.25) is 4.79 Å². The Morgan fingerprint density at radius 3 is 2.70 bits per heavy atom. The maximum Gasteiger partial charge on any atom is 0.158 e. The Labute approximate surface area is 123 Å². The molecular formula is C18H28O2. The van der Waals surface area contributed by atoms with E-state index in [1.165, 1.54) is 5.57 Å². The summed E-state index contributed by atoms with van der Waals surface area (Å²) in [6.07, 6.45) is 9.33. The highest BCUT2D eigenvalue weighted by molar-refractivity contribution is 5.97. The topological polar surface area (TPSA) is 37.3 Å². The summed E-state index contributed by atoms with van der Waals surface area (Å²) in [6.45, 7) is 10.2. The number of aliphatic hydroxyl groups excluding tert-OH is 1. The molecule has 0 fully saturated rings. The minimum Gasteiger partial charge on any atom is -0.393 e. The standard InChI is InChI=1S/C18H28O2/c1-13(7-6-8-14(2)19)9-10-16-15(3)17(20)11-12-18(16,4)5/h7,9-10,14,19H,6,8,11-12H2,1-5H3/b10-9+,13-7-/t14-/m0/s1. The molecule has 20 heavy (non-hydrogen) atoms. The van der Waals surface area contributed by atoms with E-state index in [1.807, 2.05) is 13.8 Å². The molecular weight excluding hydrogens is 248 g/mol. The van der Waals surface area contributed by atoms with Gasteiger partial charge in [-0.2, -0.15) is 0 Å². The van der Waals surface area contributed by atoms with Crippen molar-refractivity contribution in [1.82, 2.24) is 0 Å². The molecule has 0 unspecified atom stereocenters. The average molecular weight is 276 g/mol. The normalized spacial score (nSPS) is 21.7. The van der Waals surface area contributed by atoms with E-state index in [4.69, 9.17) is 0 Å². The monoisotopic (exact) mass is 276 g/mol. The van der Waals surface area contributed by atoms with Gasteiger partial charge in [0.2, 0.25) is 0 Å². The SMILES string of the molecule is CC1=C(/C=C/C(C)=C\CC[C@H](C)O)C(C)(C)CCC1=O. The number of carbonyl (C=O) groups is 1. The van der Waals surface area contributed by atoms with Gasteiger partial charge in [0.05, 0.1) is 6.10 Å². The Bertz CT molecular complexity index is 448. The predicted molar refractivity (Wildman–Crippen MR) is 84.5 cm³/mol. The van der Waals surface area contributed by atoms with Gasteiger partial charge in [0.15, 0.2) is 5.78 Å². The van der Waals surface area contributed by atoms with Crippen LogP contribution in [-0.4, -0.2) is 17.0 Å². The van der Waals surface area contributed by atoms with Crippen LogP contribution >= 0.6 is 0 Å². The first-order chi connectivity index (χ1) is 9.24. The lowest BCUT2D eigenvalue weighted by Crippen LogP contribution is -2.24. The quantitative estimate of drug-likeness (QED) is 0.758. The lowest BCUT2D eigenvalue weighted by Gasteiger charge is -2.32. The molecule has 2 nitrogen and oxygen atoms in total.